The van der Waals surface area contributed by atoms with Crippen molar-refractivity contribution < 1.29 is 23.1 Å². The number of nitrogens with one attached hydrogen (secondary N) is 1. The molecule has 0 aliphatic carbocycles. The van der Waals surface area contributed by atoms with Crippen LogP contribution in [0.15, 0.2) is 195 Å². The first-order chi connectivity index (χ1) is 32.1. The van der Waals surface area contributed by atoms with Gasteiger partial charge in [-0.05, 0) is 74.4 Å². The summed E-state index contributed by atoms with van der Waals surface area (Å²) in [5.41, 5.74) is 5.34. The van der Waals surface area contributed by atoms with Crippen LogP contribution in [0.1, 0.15) is 80.5 Å². The second kappa shape index (κ2) is 20.9. The van der Waals surface area contributed by atoms with Crippen LogP contribution >= 0.6 is 7.60 Å². The molecular formula is C55H58N5O5P. The molecule has 10 nitrogen and oxygen atoms in total. The summed E-state index contributed by atoms with van der Waals surface area (Å²) >= 11 is 0. The van der Waals surface area contributed by atoms with Gasteiger partial charge in [0.2, 0.25) is 0 Å². The van der Waals surface area contributed by atoms with Crippen LogP contribution in [0.3, 0.4) is 0 Å². The van der Waals surface area contributed by atoms with Crippen LogP contribution in [0.2, 0.25) is 0 Å². The van der Waals surface area contributed by atoms with Crippen molar-refractivity contribution in [3.8, 4) is 0 Å². The van der Waals surface area contributed by atoms with Crippen LogP contribution in [0, 0.1) is 0 Å². The number of imidazole rings is 1. The summed E-state index contributed by atoms with van der Waals surface area (Å²) in [7, 11) is -3.57. The van der Waals surface area contributed by atoms with E-state index in [0.717, 1.165) is 33.4 Å². The minimum Gasteiger partial charge on any atom is -0.369 e. The van der Waals surface area contributed by atoms with E-state index in [0.29, 0.717) is 23.4 Å². The van der Waals surface area contributed by atoms with Gasteiger partial charge < -0.3 is 28.4 Å². The Morgan fingerprint density at radius 1 is 0.561 bits per heavy atom. The molecule has 0 fully saturated rings. The molecule has 8 rings (SSSR count). The lowest BCUT2D eigenvalue weighted by Gasteiger charge is -2.40. The second-order valence-electron chi connectivity index (χ2n) is 16.9. The Kier molecular flexibility index (Phi) is 14.7. The number of benzene rings is 6. The van der Waals surface area contributed by atoms with Gasteiger partial charge in [0.05, 0.1) is 30.7 Å². The average Bonchev–Trinajstić information content (AvgIpc) is 3.78. The number of nitrogens with zero attached hydrogens (tertiary/aromatic N) is 4. The summed E-state index contributed by atoms with van der Waals surface area (Å²) in [6.45, 7) is 9.63. The van der Waals surface area contributed by atoms with Gasteiger partial charge in [0.15, 0.2) is 11.5 Å². The zero-order valence-electron chi connectivity index (χ0n) is 38.2. The van der Waals surface area contributed by atoms with E-state index in [1.807, 2.05) is 107 Å². The fourth-order valence-corrected chi connectivity index (χ4v) is 10.7. The Bertz CT molecular complexity index is 2570. The number of fused-ring (bicyclic) bond motifs is 1. The third-order valence-corrected chi connectivity index (χ3v) is 13.6. The molecule has 2 aromatic heterocycles. The zero-order chi connectivity index (χ0) is 46.0. The van der Waals surface area contributed by atoms with Gasteiger partial charge in [-0.3, -0.25) is 4.57 Å². The second-order valence-corrected chi connectivity index (χ2v) is 18.8. The molecule has 66 heavy (non-hydrogen) atoms. The summed E-state index contributed by atoms with van der Waals surface area (Å²) < 4.78 is 41.6. The highest BCUT2D eigenvalue weighted by molar-refractivity contribution is 7.53. The lowest BCUT2D eigenvalue weighted by atomic mass is 9.77. The SMILES string of the molecule is CC(C)OP(=O)(COCCC(C(C)OC(c1ccccc1)(c1ccccc1)c1ccccc1)n1cnc2c(NC(c3ccccc3)(c3ccccc3)c3ccccc3)ncnc21)OC(C)C. The molecule has 2 heterocycles. The molecule has 2 atom stereocenters. The molecule has 11 heteroatoms. The maximum atomic E-state index is 13.9. The fourth-order valence-electron chi connectivity index (χ4n) is 8.93. The largest absolute Gasteiger partial charge is 0.369 e. The smallest absolute Gasteiger partial charge is 0.356 e. The van der Waals surface area contributed by atoms with Crippen molar-refractivity contribution in [2.75, 3.05) is 18.3 Å². The van der Waals surface area contributed by atoms with Crippen molar-refractivity contribution in [2.45, 2.75) is 76.5 Å². The predicted molar refractivity (Wildman–Crippen MR) is 262 cm³/mol. The van der Waals surface area contributed by atoms with Crippen molar-refractivity contribution in [1.82, 2.24) is 19.5 Å². The fraction of sp³-hybridized carbons (Fsp3) is 0.255. The number of anilines is 1. The first kappa shape index (κ1) is 46.3. The molecule has 1 N–H and O–H groups in total. The molecule has 338 valence electrons. The summed E-state index contributed by atoms with van der Waals surface area (Å²) in [6, 6.07) is 61.8. The Morgan fingerprint density at radius 3 is 1.38 bits per heavy atom. The van der Waals surface area contributed by atoms with E-state index in [2.05, 4.69) is 126 Å². The standard InChI is InChI=1S/C55H58N5O5P/c1-41(2)64-66(61,65-42(3)4)40-62-37-36-50(43(5)63-55(47-30-18-9-19-31-47,48-32-20-10-21-33-48)49-34-22-11-23-35-49)60-39-58-51-52(56-38-57-53(51)60)59-54(44-24-12-6-13-25-44,45-26-14-7-15-27-45)46-28-16-8-17-29-46/h6-35,38-39,41-43,50H,36-37,40H2,1-5H3,(H,56,57,59). The topological polar surface area (TPSA) is 110 Å². The molecular weight excluding hydrogens is 842 g/mol. The van der Waals surface area contributed by atoms with E-state index in [1.165, 1.54) is 0 Å². The molecule has 0 bridgehead atoms. The highest BCUT2D eigenvalue weighted by Crippen LogP contribution is 2.51. The third-order valence-electron chi connectivity index (χ3n) is 11.6. The normalized spacial score (nSPS) is 13.3. The minimum atomic E-state index is -3.57. The summed E-state index contributed by atoms with van der Waals surface area (Å²) in [5, 5.41) is 3.93. The highest BCUT2D eigenvalue weighted by Gasteiger charge is 2.42. The minimum absolute atomic E-state index is 0.200. The van der Waals surface area contributed by atoms with E-state index in [1.54, 1.807) is 6.33 Å². The molecule has 8 aromatic rings. The van der Waals surface area contributed by atoms with E-state index < -0.39 is 30.9 Å². The average molecular weight is 900 g/mol. The molecule has 0 spiro atoms. The van der Waals surface area contributed by atoms with Gasteiger partial charge in [-0.2, -0.15) is 0 Å². The molecule has 6 aromatic carbocycles. The van der Waals surface area contributed by atoms with E-state index in [4.69, 9.17) is 33.5 Å². The summed E-state index contributed by atoms with van der Waals surface area (Å²) in [6.07, 6.45) is 2.50. The molecule has 0 saturated heterocycles. The number of rotatable bonds is 21. The van der Waals surface area contributed by atoms with E-state index in [9.17, 15) is 4.57 Å². The Hall–Kier alpha value is -6.26. The predicted octanol–water partition coefficient (Wildman–Crippen LogP) is 12.6. The molecule has 0 aliphatic heterocycles. The zero-order valence-corrected chi connectivity index (χ0v) is 39.1. The Balaban J connectivity index is 1.24. The first-order valence-electron chi connectivity index (χ1n) is 22.6. The maximum Gasteiger partial charge on any atom is 0.356 e. The Labute approximate surface area is 388 Å². The van der Waals surface area contributed by atoms with Crippen molar-refractivity contribution in [3.63, 3.8) is 0 Å². The third kappa shape index (κ3) is 9.94. The van der Waals surface area contributed by atoms with Crippen LogP contribution < -0.4 is 5.32 Å². The lowest BCUT2D eigenvalue weighted by Crippen LogP contribution is -2.39. The number of hydrogen-bond acceptors (Lipinski definition) is 9. The van der Waals surface area contributed by atoms with Crippen LogP contribution in [0.5, 0.6) is 0 Å². The van der Waals surface area contributed by atoms with Gasteiger partial charge in [-0.1, -0.05) is 182 Å². The van der Waals surface area contributed by atoms with Crippen LogP contribution in [0.4, 0.5) is 5.82 Å². The van der Waals surface area contributed by atoms with Gasteiger partial charge in [0.25, 0.3) is 0 Å². The summed E-state index contributed by atoms with van der Waals surface area (Å²) in [4.78, 5) is 14.9. The van der Waals surface area contributed by atoms with Crippen molar-refractivity contribution in [2.24, 2.45) is 0 Å². The van der Waals surface area contributed by atoms with Crippen molar-refractivity contribution in [3.05, 3.63) is 228 Å². The van der Waals surface area contributed by atoms with Crippen molar-refractivity contribution in [1.29, 1.82) is 0 Å². The summed E-state index contributed by atoms with van der Waals surface area (Å²) in [5.74, 6) is 0.559. The van der Waals surface area contributed by atoms with E-state index >= 15 is 0 Å². The molecule has 0 amide bonds. The van der Waals surface area contributed by atoms with Gasteiger partial charge in [-0.25, -0.2) is 15.0 Å². The number of hydrogen-bond donors (Lipinski definition) is 1. The van der Waals surface area contributed by atoms with Crippen LogP contribution in [0.25, 0.3) is 11.2 Å². The first-order valence-corrected chi connectivity index (χ1v) is 24.4. The van der Waals surface area contributed by atoms with E-state index in [-0.39, 0.29) is 25.2 Å². The lowest BCUT2D eigenvalue weighted by molar-refractivity contribution is -0.0658. The van der Waals surface area contributed by atoms with Gasteiger partial charge in [0.1, 0.15) is 29.3 Å². The van der Waals surface area contributed by atoms with Crippen molar-refractivity contribution >= 4 is 24.6 Å². The Morgan fingerprint density at radius 2 is 0.970 bits per heavy atom. The van der Waals surface area contributed by atoms with Gasteiger partial charge in [0, 0.05) is 6.61 Å². The molecule has 2 unspecified atom stereocenters. The van der Waals surface area contributed by atoms with Gasteiger partial charge in [-0.15, -0.1) is 0 Å². The molecule has 0 saturated carbocycles. The molecule has 0 radical (unpaired) electrons. The van der Waals surface area contributed by atoms with Gasteiger partial charge >= 0.3 is 7.60 Å². The quantitative estimate of drug-likeness (QED) is 0.0428. The highest BCUT2D eigenvalue weighted by atomic mass is 31.2. The number of ether oxygens (including phenoxy) is 2. The number of aromatic nitrogens is 4. The van der Waals surface area contributed by atoms with Crippen LogP contribution in [-0.2, 0) is 34.2 Å². The molecule has 0 aliphatic rings. The van der Waals surface area contributed by atoms with Crippen LogP contribution in [-0.4, -0.2) is 50.8 Å². The monoisotopic (exact) mass is 899 g/mol. The maximum absolute atomic E-state index is 13.9.